The number of carbonyl (C=O) groups is 1. The van der Waals surface area contributed by atoms with Gasteiger partial charge < -0.3 is 9.47 Å². The average Bonchev–Trinajstić information content (AvgIpc) is 3.27. The van der Waals surface area contributed by atoms with Gasteiger partial charge in [0.1, 0.15) is 17.2 Å². The minimum atomic E-state index is -0.350. The van der Waals surface area contributed by atoms with Crippen LogP contribution in [0.4, 0.5) is 4.39 Å². The Morgan fingerprint density at radius 3 is 2.74 bits per heavy atom. The number of carbonyl (C=O) groups excluding carboxylic acids is 1. The Hall–Kier alpha value is -4.14. The molecule has 1 amide bonds. The zero-order valence-electron chi connectivity index (χ0n) is 19.3. The lowest BCUT2D eigenvalue weighted by atomic mass is 9.98. The summed E-state index contributed by atoms with van der Waals surface area (Å²) in [5.74, 6) is -0.438. The van der Waals surface area contributed by atoms with E-state index in [0.29, 0.717) is 48.6 Å². The van der Waals surface area contributed by atoms with Crippen molar-refractivity contribution in [2.24, 2.45) is 0 Å². The normalized spacial score (nSPS) is 13.0. The monoisotopic (exact) mass is 473 g/mol. The van der Waals surface area contributed by atoms with Crippen LogP contribution < -0.4 is 5.56 Å². The Kier molecular flexibility index (Phi) is 6.22. The molecule has 0 spiro atoms. The molecule has 1 aliphatic rings. The highest BCUT2D eigenvalue weighted by atomic mass is 19.1. The van der Waals surface area contributed by atoms with Crippen molar-refractivity contribution in [3.63, 3.8) is 0 Å². The predicted octanol–water partition coefficient (Wildman–Crippen LogP) is 2.84. The summed E-state index contributed by atoms with van der Waals surface area (Å²) in [6.07, 6.45) is 4.22. The second kappa shape index (κ2) is 9.61. The van der Waals surface area contributed by atoms with Crippen molar-refractivity contribution in [3.05, 3.63) is 110 Å². The Morgan fingerprint density at radius 1 is 1.14 bits per heavy atom. The molecule has 4 aromatic rings. The molecule has 0 saturated carbocycles. The average molecular weight is 474 g/mol. The lowest BCUT2D eigenvalue weighted by molar-refractivity contribution is -0.131. The quantitative estimate of drug-likeness (QED) is 0.428. The van der Waals surface area contributed by atoms with Crippen LogP contribution in [0, 0.1) is 12.7 Å². The van der Waals surface area contributed by atoms with Crippen molar-refractivity contribution in [1.82, 2.24) is 24.8 Å². The first-order valence-corrected chi connectivity index (χ1v) is 11.4. The van der Waals surface area contributed by atoms with E-state index in [0.717, 1.165) is 16.8 Å². The van der Waals surface area contributed by atoms with Gasteiger partial charge >= 0.3 is 0 Å². The fourth-order valence-electron chi connectivity index (χ4n) is 4.48. The molecular weight excluding hydrogens is 449 g/mol. The van der Waals surface area contributed by atoms with Gasteiger partial charge in [-0.2, -0.15) is 0 Å². The van der Waals surface area contributed by atoms with Crippen LogP contribution in [-0.2, 0) is 37.1 Å². The zero-order valence-corrected chi connectivity index (χ0v) is 19.3. The van der Waals surface area contributed by atoms with E-state index < -0.39 is 0 Å². The largest absolute Gasteiger partial charge is 0.338 e. The highest BCUT2D eigenvalue weighted by Crippen LogP contribution is 2.22. The SMILES string of the molecule is Cc1nonc1CC(=O)N1CCc2c(cc(Cc3ccccc3F)c(=O)n2Cc2cccnc2)C1. The van der Waals surface area contributed by atoms with Crippen LogP contribution in [-0.4, -0.2) is 37.2 Å². The van der Waals surface area contributed by atoms with Crippen molar-refractivity contribution in [2.75, 3.05) is 6.54 Å². The van der Waals surface area contributed by atoms with Crippen LogP contribution in [0.25, 0.3) is 0 Å². The number of aryl methyl sites for hydroxylation is 1. The highest BCUT2D eigenvalue weighted by Gasteiger charge is 2.26. The number of benzene rings is 1. The Bertz CT molecular complexity index is 1430. The van der Waals surface area contributed by atoms with Gasteiger partial charge in [0.2, 0.25) is 5.91 Å². The number of halogens is 1. The van der Waals surface area contributed by atoms with Crippen molar-refractivity contribution in [1.29, 1.82) is 0 Å². The van der Waals surface area contributed by atoms with Gasteiger partial charge in [0.15, 0.2) is 0 Å². The number of fused-ring (bicyclic) bond motifs is 1. The van der Waals surface area contributed by atoms with Crippen molar-refractivity contribution in [2.45, 2.75) is 39.3 Å². The minimum Gasteiger partial charge on any atom is -0.338 e. The number of hydrogen-bond donors (Lipinski definition) is 0. The number of nitrogens with zero attached hydrogens (tertiary/aromatic N) is 5. The van der Waals surface area contributed by atoms with E-state index in [-0.39, 0.29) is 30.1 Å². The smallest absolute Gasteiger partial charge is 0.254 e. The van der Waals surface area contributed by atoms with E-state index >= 15 is 0 Å². The van der Waals surface area contributed by atoms with Crippen LogP contribution in [0.5, 0.6) is 0 Å². The maximum Gasteiger partial charge on any atom is 0.254 e. The van der Waals surface area contributed by atoms with Gasteiger partial charge in [-0.1, -0.05) is 34.6 Å². The second-order valence-corrected chi connectivity index (χ2v) is 8.70. The fraction of sp³-hybridized carbons (Fsp3) is 0.269. The number of amides is 1. The molecule has 8 nitrogen and oxygen atoms in total. The van der Waals surface area contributed by atoms with E-state index in [1.165, 1.54) is 6.07 Å². The first-order chi connectivity index (χ1) is 17.0. The summed E-state index contributed by atoms with van der Waals surface area (Å²) in [7, 11) is 0. The maximum absolute atomic E-state index is 14.4. The lowest BCUT2D eigenvalue weighted by Gasteiger charge is -2.31. The van der Waals surface area contributed by atoms with E-state index in [1.807, 2.05) is 18.2 Å². The molecule has 5 rings (SSSR count). The Labute approximate surface area is 201 Å². The Morgan fingerprint density at radius 2 is 2.00 bits per heavy atom. The summed E-state index contributed by atoms with van der Waals surface area (Å²) < 4.78 is 20.8. The van der Waals surface area contributed by atoms with Crippen LogP contribution in [0.2, 0.25) is 0 Å². The van der Waals surface area contributed by atoms with E-state index in [4.69, 9.17) is 4.63 Å². The van der Waals surface area contributed by atoms with Gasteiger partial charge in [0.05, 0.1) is 13.0 Å². The van der Waals surface area contributed by atoms with Gasteiger partial charge in [-0.05, 0) is 41.8 Å². The van der Waals surface area contributed by atoms with E-state index in [2.05, 4.69) is 15.3 Å². The molecule has 0 saturated heterocycles. The minimum absolute atomic E-state index is 0.0879. The maximum atomic E-state index is 14.4. The van der Waals surface area contributed by atoms with Crippen LogP contribution in [0.3, 0.4) is 0 Å². The third kappa shape index (κ3) is 4.75. The molecule has 1 aliphatic heterocycles. The molecule has 0 unspecified atom stereocenters. The molecule has 0 atom stereocenters. The fourth-order valence-corrected chi connectivity index (χ4v) is 4.48. The molecule has 1 aromatic carbocycles. The summed E-state index contributed by atoms with van der Waals surface area (Å²) >= 11 is 0. The summed E-state index contributed by atoms with van der Waals surface area (Å²) in [5.41, 5.74) is 4.57. The number of rotatable bonds is 6. The van der Waals surface area contributed by atoms with Crippen molar-refractivity contribution in [3.8, 4) is 0 Å². The van der Waals surface area contributed by atoms with Gasteiger partial charge in [-0.3, -0.25) is 14.6 Å². The first kappa shape index (κ1) is 22.6. The number of pyridine rings is 2. The zero-order chi connectivity index (χ0) is 24.4. The number of hydrogen-bond acceptors (Lipinski definition) is 6. The molecule has 3 aromatic heterocycles. The van der Waals surface area contributed by atoms with Gasteiger partial charge in [-0.15, -0.1) is 0 Å². The van der Waals surface area contributed by atoms with E-state index in [9.17, 15) is 14.0 Å². The molecule has 0 aliphatic carbocycles. The van der Waals surface area contributed by atoms with Gasteiger partial charge in [0, 0.05) is 49.6 Å². The van der Waals surface area contributed by atoms with Gasteiger partial charge in [0.25, 0.3) is 5.56 Å². The molecule has 178 valence electrons. The summed E-state index contributed by atoms with van der Waals surface area (Å²) in [6.45, 7) is 2.94. The third-order valence-corrected chi connectivity index (χ3v) is 6.36. The molecule has 0 fully saturated rings. The third-order valence-electron chi connectivity index (χ3n) is 6.36. The number of aromatic nitrogens is 4. The molecule has 4 heterocycles. The predicted molar refractivity (Wildman–Crippen MR) is 125 cm³/mol. The molecule has 0 bridgehead atoms. The summed E-state index contributed by atoms with van der Waals surface area (Å²) in [5, 5.41) is 7.56. The second-order valence-electron chi connectivity index (χ2n) is 8.70. The highest BCUT2D eigenvalue weighted by molar-refractivity contribution is 5.78. The molecule has 35 heavy (non-hydrogen) atoms. The summed E-state index contributed by atoms with van der Waals surface area (Å²) in [6, 6.07) is 12.0. The van der Waals surface area contributed by atoms with Crippen molar-refractivity contribution < 1.29 is 13.8 Å². The lowest BCUT2D eigenvalue weighted by Crippen LogP contribution is -2.40. The topological polar surface area (TPSA) is 94.1 Å². The molecular formula is C26H24FN5O3. The summed E-state index contributed by atoms with van der Waals surface area (Å²) in [4.78, 5) is 32.4. The molecule has 9 heteroatoms. The van der Waals surface area contributed by atoms with Crippen molar-refractivity contribution >= 4 is 5.91 Å². The van der Waals surface area contributed by atoms with Crippen LogP contribution in [0.1, 0.15) is 39.3 Å². The van der Waals surface area contributed by atoms with Gasteiger partial charge in [-0.25, -0.2) is 9.02 Å². The molecule has 0 radical (unpaired) electrons. The Balaban J connectivity index is 1.50. The first-order valence-electron chi connectivity index (χ1n) is 11.4. The van der Waals surface area contributed by atoms with Crippen LogP contribution in [0.15, 0.2) is 64.3 Å². The van der Waals surface area contributed by atoms with E-state index in [1.54, 1.807) is 47.0 Å². The van der Waals surface area contributed by atoms with Crippen LogP contribution >= 0.6 is 0 Å². The molecule has 0 N–H and O–H groups in total. The standard InChI is InChI=1S/C26H24FN5O3/c1-17-23(30-35-29-17)13-25(33)31-10-8-24-21(16-31)12-20(11-19-6-2-3-7-22(19)27)26(34)32(24)15-18-5-4-9-28-14-18/h2-7,9,12,14H,8,10-11,13,15-16H2,1H3.